The number of hydrogen-bond donors (Lipinski definition) is 2. The molecule has 0 radical (unpaired) electrons. The molecule has 1 atom stereocenters. The molecule has 0 spiro atoms. The molecule has 2 aliphatic rings. The summed E-state index contributed by atoms with van der Waals surface area (Å²) in [4.78, 5) is 45.1. The molecule has 2 aromatic rings. The average molecular weight is 443 g/mol. The van der Waals surface area contributed by atoms with Gasteiger partial charge in [-0.15, -0.1) is 0 Å². The Balaban J connectivity index is 1.56. The summed E-state index contributed by atoms with van der Waals surface area (Å²) in [7, 11) is 1.53. The number of nitrogens with zero attached hydrogens (tertiary/aromatic N) is 3. The molecule has 1 aromatic heterocycles. The lowest BCUT2D eigenvalue weighted by Crippen LogP contribution is -2.64. The predicted molar refractivity (Wildman–Crippen MR) is 112 cm³/mol. The van der Waals surface area contributed by atoms with Gasteiger partial charge in [0.25, 0.3) is 11.8 Å². The third kappa shape index (κ3) is 4.10. The average Bonchev–Trinajstić information content (AvgIpc) is 3.51. The molecule has 1 aliphatic carbocycles. The largest absolute Gasteiger partial charge is 0.383 e. The Morgan fingerprint density at radius 3 is 2.62 bits per heavy atom. The highest BCUT2D eigenvalue weighted by atomic mass is 19.1. The molecule has 10 heteroatoms. The molecule has 2 N–H and O–H groups in total. The van der Waals surface area contributed by atoms with Gasteiger partial charge in [-0.25, -0.2) is 9.37 Å². The van der Waals surface area contributed by atoms with E-state index < -0.39 is 11.4 Å². The first-order chi connectivity index (χ1) is 15.3. The third-order valence-electron chi connectivity index (χ3n) is 5.84. The Kier molecular flexibility index (Phi) is 5.96. The van der Waals surface area contributed by atoms with Gasteiger partial charge in [-0.1, -0.05) is 12.1 Å². The quantitative estimate of drug-likeness (QED) is 0.595. The minimum Gasteiger partial charge on any atom is -0.383 e. The fourth-order valence-electron chi connectivity index (χ4n) is 4.05. The van der Waals surface area contributed by atoms with Crippen LogP contribution in [0.2, 0.25) is 0 Å². The number of imidazole rings is 1. The number of rotatable bonds is 8. The van der Waals surface area contributed by atoms with E-state index in [2.05, 4.69) is 15.6 Å². The van der Waals surface area contributed by atoms with Crippen LogP contribution in [0.15, 0.2) is 30.6 Å². The van der Waals surface area contributed by atoms with E-state index in [0.717, 1.165) is 18.4 Å². The second-order valence-corrected chi connectivity index (χ2v) is 8.31. The molecule has 0 bridgehead atoms. The second-order valence-electron chi connectivity index (χ2n) is 8.31. The number of nitrogens with one attached hydrogen (secondary N) is 2. The van der Waals surface area contributed by atoms with Crippen molar-refractivity contribution in [3.05, 3.63) is 53.4 Å². The predicted octanol–water partition coefficient (Wildman–Crippen LogP) is 1.09. The van der Waals surface area contributed by atoms with Crippen molar-refractivity contribution >= 4 is 17.7 Å². The van der Waals surface area contributed by atoms with Crippen molar-refractivity contribution in [3.63, 3.8) is 0 Å². The zero-order chi connectivity index (χ0) is 22.9. The first kappa shape index (κ1) is 21.9. The monoisotopic (exact) mass is 443 g/mol. The normalized spacial score (nSPS) is 20.1. The second kappa shape index (κ2) is 8.70. The summed E-state index contributed by atoms with van der Waals surface area (Å²) >= 11 is 0. The molecule has 170 valence electrons. The highest BCUT2D eigenvalue weighted by molar-refractivity contribution is 6.07. The number of ether oxygens (including phenoxy) is 1. The van der Waals surface area contributed by atoms with Crippen LogP contribution in [0.25, 0.3) is 0 Å². The zero-order valence-electron chi connectivity index (χ0n) is 18.1. The number of fused-ring (bicyclic) bond motifs is 1. The van der Waals surface area contributed by atoms with Crippen molar-refractivity contribution in [3.8, 4) is 0 Å². The topological polar surface area (TPSA) is 106 Å². The fourth-order valence-corrected chi connectivity index (χ4v) is 4.05. The Bertz CT molecular complexity index is 1030. The Labute approximate surface area is 184 Å². The van der Waals surface area contributed by atoms with E-state index in [-0.39, 0.29) is 48.2 Å². The van der Waals surface area contributed by atoms with Crippen molar-refractivity contribution in [2.75, 3.05) is 20.3 Å². The SMILES string of the molecule is COCCNC(=O)c1ncn2c1C(=O)N(C1CC1)[C@](C)(C(=O)NCc1ccc(F)cc1)C2. The van der Waals surface area contributed by atoms with Crippen LogP contribution in [0.4, 0.5) is 4.39 Å². The van der Waals surface area contributed by atoms with E-state index in [4.69, 9.17) is 4.74 Å². The van der Waals surface area contributed by atoms with Gasteiger partial charge >= 0.3 is 0 Å². The van der Waals surface area contributed by atoms with Gasteiger partial charge in [0, 0.05) is 26.2 Å². The molecular formula is C22H26FN5O4. The maximum atomic E-state index is 13.5. The molecule has 1 aromatic carbocycles. The zero-order valence-corrected chi connectivity index (χ0v) is 18.1. The van der Waals surface area contributed by atoms with Crippen LogP contribution in [0, 0.1) is 5.82 Å². The maximum Gasteiger partial charge on any atom is 0.274 e. The van der Waals surface area contributed by atoms with Crippen molar-refractivity contribution in [2.45, 2.75) is 44.4 Å². The van der Waals surface area contributed by atoms with Crippen molar-refractivity contribution < 1.29 is 23.5 Å². The molecule has 2 heterocycles. The van der Waals surface area contributed by atoms with E-state index in [1.54, 1.807) is 28.5 Å². The third-order valence-corrected chi connectivity index (χ3v) is 5.84. The highest BCUT2D eigenvalue weighted by Crippen LogP contribution is 2.38. The molecular weight excluding hydrogens is 417 g/mol. The van der Waals surface area contributed by atoms with Gasteiger partial charge in [-0.05, 0) is 37.5 Å². The van der Waals surface area contributed by atoms with Crippen LogP contribution >= 0.6 is 0 Å². The molecule has 4 rings (SSSR count). The molecule has 1 saturated carbocycles. The molecule has 1 aliphatic heterocycles. The molecule has 1 fully saturated rings. The number of amides is 3. The molecule has 0 saturated heterocycles. The Morgan fingerprint density at radius 1 is 1.25 bits per heavy atom. The van der Waals surface area contributed by atoms with Crippen LogP contribution in [0.3, 0.4) is 0 Å². The number of hydrogen-bond acceptors (Lipinski definition) is 5. The minimum atomic E-state index is -1.14. The first-order valence-corrected chi connectivity index (χ1v) is 10.5. The van der Waals surface area contributed by atoms with E-state index in [1.807, 2.05) is 0 Å². The number of aromatic nitrogens is 2. The van der Waals surface area contributed by atoms with Crippen LogP contribution in [0.5, 0.6) is 0 Å². The summed E-state index contributed by atoms with van der Waals surface area (Å²) in [6.45, 7) is 2.76. The number of carbonyl (C=O) groups is 3. The van der Waals surface area contributed by atoms with Gasteiger partial charge < -0.3 is 24.8 Å². The van der Waals surface area contributed by atoms with E-state index >= 15 is 0 Å². The van der Waals surface area contributed by atoms with E-state index in [0.29, 0.717) is 13.2 Å². The summed E-state index contributed by atoms with van der Waals surface area (Å²) < 4.78 is 19.6. The highest BCUT2D eigenvalue weighted by Gasteiger charge is 2.53. The summed E-state index contributed by atoms with van der Waals surface area (Å²) in [6, 6.07) is 5.81. The van der Waals surface area contributed by atoms with Crippen LogP contribution in [-0.2, 0) is 22.6 Å². The van der Waals surface area contributed by atoms with Crippen LogP contribution in [-0.4, -0.2) is 64.0 Å². The van der Waals surface area contributed by atoms with Crippen molar-refractivity contribution in [1.82, 2.24) is 25.1 Å². The Hall–Kier alpha value is -3.27. The fraction of sp³-hybridized carbons (Fsp3) is 0.455. The molecule has 0 unspecified atom stereocenters. The van der Waals surface area contributed by atoms with E-state index in [1.165, 1.54) is 25.6 Å². The summed E-state index contributed by atoms with van der Waals surface area (Å²) in [5.74, 6) is -1.50. The summed E-state index contributed by atoms with van der Waals surface area (Å²) in [5, 5.41) is 5.56. The summed E-state index contributed by atoms with van der Waals surface area (Å²) in [5.41, 5.74) is -0.154. The maximum absolute atomic E-state index is 13.5. The van der Waals surface area contributed by atoms with Gasteiger partial charge in [0.15, 0.2) is 5.69 Å². The van der Waals surface area contributed by atoms with Gasteiger partial charge in [0.2, 0.25) is 5.91 Å². The van der Waals surface area contributed by atoms with Gasteiger partial charge in [-0.3, -0.25) is 14.4 Å². The number of benzene rings is 1. The number of carbonyl (C=O) groups excluding carboxylic acids is 3. The molecule has 32 heavy (non-hydrogen) atoms. The lowest BCUT2D eigenvalue weighted by atomic mass is 9.93. The van der Waals surface area contributed by atoms with Gasteiger partial charge in [0.1, 0.15) is 17.1 Å². The van der Waals surface area contributed by atoms with Crippen LogP contribution < -0.4 is 10.6 Å². The van der Waals surface area contributed by atoms with Crippen molar-refractivity contribution in [2.24, 2.45) is 0 Å². The standard InChI is InChI=1S/C22H26FN5O4/c1-22(21(31)25-11-14-3-5-15(23)6-4-14)12-27-13-26-17(19(29)24-9-10-32-2)18(27)20(30)28(22)16-7-8-16/h3-6,13,16H,7-12H2,1-2H3,(H,24,29)(H,25,31)/t22-/m0/s1. The smallest absolute Gasteiger partial charge is 0.274 e. The number of methoxy groups -OCH3 is 1. The van der Waals surface area contributed by atoms with Crippen LogP contribution in [0.1, 0.15) is 46.3 Å². The first-order valence-electron chi connectivity index (χ1n) is 10.5. The molecule has 9 nitrogen and oxygen atoms in total. The molecule has 3 amide bonds. The van der Waals surface area contributed by atoms with Gasteiger partial charge in [0.05, 0.1) is 19.5 Å². The lowest BCUT2D eigenvalue weighted by molar-refractivity contribution is -0.133. The Morgan fingerprint density at radius 2 is 1.97 bits per heavy atom. The van der Waals surface area contributed by atoms with E-state index in [9.17, 15) is 18.8 Å². The summed E-state index contributed by atoms with van der Waals surface area (Å²) in [6.07, 6.45) is 3.03. The minimum absolute atomic E-state index is 0.0468. The van der Waals surface area contributed by atoms with Crippen molar-refractivity contribution in [1.29, 1.82) is 0 Å². The number of halogens is 1. The lowest BCUT2D eigenvalue weighted by Gasteiger charge is -2.44. The van der Waals surface area contributed by atoms with Gasteiger partial charge in [-0.2, -0.15) is 0 Å².